The molecule has 1 aromatic rings. The molecule has 1 atom stereocenters. The molecule has 154 valence electrons. The summed E-state index contributed by atoms with van der Waals surface area (Å²) in [5.41, 5.74) is -12.7. The lowest BCUT2D eigenvalue weighted by atomic mass is 10.1. The van der Waals surface area contributed by atoms with Gasteiger partial charge in [0.2, 0.25) is 5.25 Å². The van der Waals surface area contributed by atoms with Crippen LogP contribution in [0.1, 0.15) is 17.7 Å². The van der Waals surface area contributed by atoms with E-state index in [1.807, 2.05) is 0 Å². The molecule has 1 unspecified atom stereocenters. The molecule has 13 nitrogen and oxygen atoms in total. The van der Waals surface area contributed by atoms with Gasteiger partial charge in [-0.25, -0.2) is 8.42 Å². The molecular formula is C11H8F3N3O10S. The number of rotatable bonds is 7. The molecule has 1 rings (SSSR count). The first-order valence-corrected chi connectivity index (χ1v) is 8.29. The van der Waals surface area contributed by atoms with Crippen LogP contribution in [-0.4, -0.2) is 41.3 Å². The third-order valence-corrected chi connectivity index (χ3v) is 4.82. The number of alkyl halides is 3. The van der Waals surface area contributed by atoms with Gasteiger partial charge in [-0.3, -0.25) is 35.1 Å². The highest BCUT2D eigenvalue weighted by Gasteiger charge is 2.58. The topological polar surface area (TPSA) is 190 Å². The van der Waals surface area contributed by atoms with Gasteiger partial charge in [0.1, 0.15) is 5.56 Å². The molecule has 0 saturated heterocycles. The van der Waals surface area contributed by atoms with Crippen molar-refractivity contribution in [3.63, 3.8) is 0 Å². The summed E-state index contributed by atoms with van der Waals surface area (Å²) in [4.78, 5) is 40.5. The van der Waals surface area contributed by atoms with Crippen LogP contribution in [0.5, 0.6) is 0 Å². The van der Waals surface area contributed by atoms with Gasteiger partial charge in [-0.1, -0.05) is 0 Å². The molecule has 28 heavy (non-hydrogen) atoms. The number of ether oxygens (including phenoxy) is 1. The number of hydrogen-bond donors (Lipinski definition) is 0. The van der Waals surface area contributed by atoms with Crippen LogP contribution in [-0.2, 0) is 19.4 Å². The third kappa shape index (κ3) is 4.13. The normalized spacial score (nSPS) is 12.9. The number of non-ortho nitro benzene ring substituents is 1. The van der Waals surface area contributed by atoms with Gasteiger partial charge in [-0.2, -0.15) is 13.2 Å². The van der Waals surface area contributed by atoms with Crippen molar-refractivity contribution in [1.82, 2.24) is 0 Å². The first kappa shape index (κ1) is 22.7. The zero-order valence-electron chi connectivity index (χ0n) is 13.4. The summed E-state index contributed by atoms with van der Waals surface area (Å²) in [6.07, 6.45) is 0. The fraction of sp³-hybridized carbons (Fsp3) is 0.364. The molecule has 0 radical (unpaired) electrons. The van der Waals surface area contributed by atoms with Gasteiger partial charge in [0.15, 0.2) is 0 Å². The van der Waals surface area contributed by atoms with E-state index in [4.69, 9.17) is 0 Å². The van der Waals surface area contributed by atoms with Crippen LogP contribution in [0.4, 0.5) is 30.2 Å². The van der Waals surface area contributed by atoms with E-state index in [9.17, 15) is 56.7 Å². The van der Waals surface area contributed by atoms with Gasteiger partial charge < -0.3 is 4.74 Å². The molecule has 0 spiro atoms. The van der Waals surface area contributed by atoms with Gasteiger partial charge >= 0.3 is 11.5 Å². The number of nitro benzene ring substituents is 3. The van der Waals surface area contributed by atoms with Gasteiger partial charge in [-0.05, 0) is 6.92 Å². The number of nitrogens with zero attached hydrogens (tertiary/aromatic N) is 3. The predicted molar refractivity (Wildman–Crippen MR) is 80.8 cm³/mol. The second kappa shape index (κ2) is 7.71. The van der Waals surface area contributed by atoms with E-state index in [0.29, 0.717) is 0 Å². The van der Waals surface area contributed by atoms with Crippen molar-refractivity contribution in [2.75, 3.05) is 6.61 Å². The number of sulfone groups is 1. The zero-order chi connectivity index (χ0) is 22.0. The van der Waals surface area contributed by atoms with Gasteiger partial charge in [-0.15, -0.1) is 0 Å². The lowest BCUT2D eigenvalue weighted by Crippen LogP contribution is -2.35. The Balaban J connectivity index is 4.12. The summed E-state index contributed by atoms with van der Waals surface area (Å²) in [6.45, 7) is 0.394. The second-order valence-electron chi connectivity index (χ2n) is 4.79. The largest absolute Gasteiger partial charge is 0.498 e. The Bertz CT molecular complexity index is 924. The highest BCUT2D eigenvalue weighted by molar-refractivity contribution is 7.93. The number of halogens is 3. The van der Waals surface area contributed by atoms with E-state index >= 15 is 0 Å². The molecule has 0 aromatic heterocycles. The lowest BCUT2D eigenvalue weighted by molar-refractivity contribution is -0.404. The van der Waals surface area contributed by atoms with Crippen molar-refractivity contribution in [2.45, 2.75) is 17.7 Å². The van der Waals surface area contributed by atoms with Crippen molar-refractivity contribution in [3.8, 4) is 0 Å². The highest BCUT2D eigenvalue weighted by Crippen LogP contribution is 2.45. The maximum absolute atomic E-state index is 13.0. The van der Waals surface area contributed by atoms with Crippen molar-refractivity contribution in [3.05, 3.63) is 48.0 Å². The van der Waals surface area contributed by atoms with Crippen LogP contribution in [0.3, 0.4) is 0 Å². The molecular weight excluding hydrogens is 423 g/mol. The first-order valence-electron chi connectivity index (χ1n) is 6.74. The van der Waals surface area contributed by atoms with Gasteiger partial charge in [0.25, 0.3) is 26.9 Å². The second-order valence-corrected chi connectivity index (χ2v) is 6.82. The summed E-state index contributed by atoms with van der Waals surface area (Å²) < 4.78 is 66.9. The molecule has 0 N–H and O–H groups in total. The molecule has 0 saturated carbocycles. The average Bonchev–Trinajstić information content (AvgIpc) is 2.53. The minimum absolute atomic E-state index is 0.000450. The van der Waals surface area contributed by atoms with Gasteiger partial charge in [0, 0.05) is 0 Å². The fourth-order valence-electron chi connectivity index (χ4n) is 2.04. The van der Waals surface area contributed by atoms with Crippen LogP contribution >= 0.6 is 0 Å². The molecule has 0 amide bonds. The smallest absolute Gasteiger partial charge is 0.465 e. The lowest BCUT2D eigenvalue weighted by Gasteiger charge is -2.18. The van der Waals surface area contributed by atoms with E-state index in [-0.39, 0.29) is 12.1 Å². The van der Waals surface area contributed by atoms with Crippen LogP contribution in [0.15, 0.2) is 12.1 Å². The molecule has 0 aliphatic heterocycles. The third-order valence-electron chi connectivity index (χ3n) is 3.12. The average molecular weight is 431 g/mol. The summed E-state index contributed by atoms with van der Waals surface area (Å²) >= 11 is 0. The highest BCUT2D eigenvalue weighted by atomic mass is 32.2. The number of hydrogen-bond acceptors (Lipinski definition) is 10. The summed E-state index contributed by atoms with van der Waals surface area (Å²) in [5, 5.41) is 29.6. The Labute approximate surface area is 152 Å². The van der Waals surface area contributed by atoms with E-state index in [0.717, 1.165) is 6.92 Å². The number of carbonyl (C=O) groups is 1. The summed E-state index contributed by atoms with van der Waals surface area (Å²) in [5.74, 6) is -2.18. The quantitative estimate of drug-likeness (QED) is 0.350. The van der Waals surface area contributed by atoms with E-state index in [2.05, 4.69) is 4.74 Å². The minimum atomic E-state index is -6.61. The fourth-order valence-corrected chi connectivity index (χ4v) is 3.18. The van der Waals surface area contributed by atoms with Crippen LogP contribution < -0.4 is 0 Å². The number of esters is 1. The molecule has 0 fully saturated rings. The molecule has 1 aromatic carbocycles. The predicted octanol–water partition coefficient (Wildman–Crippen LogP) is 1.95. The van der Waals surface area contributed by atoms with Crippen molar-refractivity contribution in [1.29, 1.82) is 0 Å². The van der Waals surface area contributed by atoms with E-state index < -0.39 is 70.6 Å². The Morgan fingerprint density at radius 3 is 1.79 bits per heavy atom. The SMILES string of the molecule is CCOC(=O)C(c1c([N+](=O)[O-])cc([N+](=O)[O-])cc1[N+](=O)[O-])S(=O)(=O)C(F)(F)F. The molecule has 0 aliphatic rings. The first-order chi connectivity index (χ1) is 12.7. The number of benzene rings is 1. The number of nitro groups is 3. The summed E-state index contributed by atoms with van der Waals surface area (Å²) in [6, 6.07) is 0.000899. The van der Waals surface area contributed by atoms with Gasteiger partial charge in [0.05, 0.1) is 33.5 Å². The van der Waals surface area contributed by atoms with Crippen molar-refractivity contribution >= 4 is 32.9 Å². The van der Waals surface area contributed by atoms with Crippen molar-refractivity contribution in [2.24, 2.45) is 0 Å². The van der Waals surface area contributed by atoms with E-state index in [1.165, 1.54) is 0 Å². The Morgan fingerprint density at radius 1 is 1.07 bits per heavy atom. The maximum Gasteiger partial charge on any atom is 0.498 e. The van der Waals surface area contributed by atoms with E-state index in [1.54, 1.807) is 0 Å². The number of carbonyl (C=O) groups excluding carboxylic acids is 1. The molecule has 0 bridgehead atoms. The Morgan fingerprint density at radius 2 is 1.50 bits per heavy atom. The monoisotopic (exact) mass is 431 g/mol. The molecule has 17 heteroatoms. The summed E-state index contributed by atoms with van der Waals surface area (Å²) in [7, 11) is -6.61. The maximum atomic E-state index is 13.0. The Hall–Kier alpha value is -3.37. The van der Waals surface area contributed by atoms with Crippen LogP contribution in [0.2, 0.25) is 0 Å². The zero-order valence-corrected chi connectivity index (χ0v) is 14.2. The van der Waals surface area contributed by atoms with Crippen LogP contribution in [0, 0.1) is 30.3 Å². The standard InChI is InChI=1S/C11H8F3N3O10S/c1-2-27-10(18)9(28(25,26)11(12,13)14)8-6(16(21)22)3-5(15(19)20)4-7(8)17(23)24/h3-4,9H,2H2,1H3. The minimum Gasteiger partial charge on any atom is -0.465 e. The van der Waals surface area contributed by atoms with Crippen LogP contribution in [0.25, 0.3) is 0 Å². The van der Waals surface area contributed by atoms with Crippen molar-refractivity contribution < 1.29 is 45.9 Å². The molecule has 0 aliphatic carbocycles. The Kier molecular flexibility index (Phi) is 6.24. The molecule has 0 heterocycles.